The lowest BCUT2D eigenvalue weighted by Gasteiger charge is -2.34. The van der Waals surface area contributed by atoms with Crippen molar-refractivity contribution >= 4 is 50.9 Å². The number of aryl methyl sites for hydroxylation is 3. The Kier molecular flexibility index (Phi) is 10.2. The molecule has 9 aromatic rings. The van der Waals surface area contributed by atoms with Gasteiger partial charge in [-0.15, -0.1) is 0 Å². The molecule has 0 radical (unpaired) electrons. The zero-order chi connectivity index (χ0) is 40.2. The van der Waals surface area contributed by atoms with Crippen molar-refractivity contribution in [2.75, 3.05) is 0 Å². The van der Waals surface area contributed by atoms with E-state index >= 15 is 0 Å². The molecule has 0 N–H and O–H groups in total. The highest BCUT2D eigenvalue weighted by molar-refractivity contribution is 7.20. The molecule has 9 nitrogen and oxygen atoms in total. The minimum Gasteiger partial charge on any atom is -0.194 e. The molecular weight excluding hydrogens is 735 g/mol. The maximum Gasteiger partial charge on any atom is 0.524 e. The number of hydrogen-bond acceptors (Lipinski definition) is 5. The van der Waals surface area contributed by atoms with Crippen LogP contribution in [0.5, 0.6) is 0 Å². The molecule has 0 unspecified atom stereocenters. The van der Waals surface area contributed by atoms with Crippen molar-refractivity contribution < 1.29 is 9.13 Å². The molecule has 0 saturated heterocycles. The van der Waals surface area contributed by atoms with Gasteiger partial charge in [-0.2, -0.15) is 24.0 Å². The van der Waals surface area contributed by atoms with Gasteiger partial charge in [-0.1, -0.05) is 159 Å². The maximum absolute atomic E-state index is 13.8. The highest BCUT2D eigenvalue weighted by Gasteiger charge is 2.44. The van der Waals surface area contributed by atoms with Crippen LogP contribution in [0, 0.1) is 18.3 Å². The van der Waals surface area contributed by atoms with E-state index in [1.54, 1.807) is 17.7 Å². The van der Waals surface area contributed by atoms with Gasteiger partial charge >= 0.3 is 11.4 Å². The smallest absolute Gasteiger partial charge is 0.194 e. The van der Waals surface area contributed by atoms with Gasteiger partial charge in [-0.05, 0) is 70.5 Å². The third-order valence-electron chi connectivity index (χ3n) is 10.4. The summed E-state index contributed by atoms with van der Waals surface area (Å²) in [5.74, 6) is 0. The second kappa shape index (κ2) is 15.9. The molecule has 0 amide bonds. The lowest BCUT2D eigenvalue weighted by molar-refractivity contribution is -0.665. The van der Waals surface area contributed by atoms with Crippen molar-refractivity contribution in [3.05, 3.63) is 214 Å². The van der Waals surface area contributed by atoms with Gasteiger partial charge in [-0.25, -0.2) is 0 Å². The number of fused-ring (bicyclic) bond motifs is 2. The molecule has 9 rings (SSSR count). The van der Waals surface area contributed by atoms with Crippen LogP contribution in [0.25, 0.3) is 33.4 Å². The Bertz CT molecular complexity index is 2980. The number of aromatic nitrogens is 6. The summed E-state index contributed by atoms with van der Waals surface area (Å²) < 4.78 is 6.07. The number of nitrogens with zero attached hydrogens (tertiary/aromatic N) is 7. The molecule has 0 aliphatic carbocycles. The van der Waals surface area contributed by atoms with Crippen LogP contribution in [0.15, 0.2) is 192 Å². The molecule has 7 aromatic carbocycles. The van der Waals surface area contributed by atoms with Gasteiger partial charge in [0.2, 0.25) is 0 Å². The molecule has 0 aliphatic rings. The molecule has 2 heterocycles. The minimum absolute atomic E-state index is 0.178. The van der Waals surface area contributed by atoms with Gasteiger partial charge in [-0.3, -0.25) is 0 Å². The number of hydrogen-bond donors (Lipinski definition) is 0. The van der Waals surface area contributed by atoms with E-state index in [-0.39, 0.29) is 11.4 Å². The molecule has 0 spiro atoms. The average molecular weight is 774 g/mol. The van der Waals surface area contributed by atoms with Crippen molar-refractivity contribution in [2.24, 2.45) is 14.1 Å². The molecule has 0 aliphatic heterocycles. The van der Waals surface area contributed by atoms with E-state index in [0.717, 1.165) is 27.5 Å². The second-order valence-corrected chi connectivity index (χ2v) is 17.8. The molecule has 0 bridgehead atoms. The molecule has 2 aromatic heterocycles. The zero-order valence-corrected chi connectivity index (χ0v) is 33.3. The fraction of sp³-hybridized carbons (Fsp3) is 0.0625. The lowest BCUT2D eigenvalue weighted by atomic mass is 10.1. The quantitative estimate of drug-likeness (QED) is 0.145. The summed E-state index contributed by atoms with van der Waals surface area (Å²) in [5.41, 5.74) is 5.19. The fourth-order valence-corrected chi connectivity index (χ4v) is 12.8. The summed E-state index contributed by atoms with van der Waals surface area (Å²) in [5, 5.41) is 23.4. The van der Waals surface area contributed by atoms with E-state index < -0.39 is 8.07 Å². The molecule has 10 heteroatoms. The summed E-state index contributed by atoms with van der Waals surface area (Å²) in [7, 11) is 0.687. The van der Waals surface area contributed by atoms with Crippen molar-refractivity contribution in [1.29, 1.82) is 5.26 Å². The summed E-state index contributed by atoms with van der Waals surface area (Å²) in [6.45, 7) is 1.90. The first-order valence-corrected chi connectivity index (χ1v) is 20.9. The van der Waals surface area contributed by atoms with Gasteiger partial charge in [0, 0.05) is 5.19 Å². The topological polar surface area (TPSA) is 101 Å². The summed E-state index contributed by atoms with van der Waals surface area (Å²) in [6.07, 6.45) is 0. The Morgan fingerprint density at radius 2 is 0.931 bits per heavy atom. The Morgan fingerprint density at radius 3 is 1.38 bits per heavy atom. The van der Waals surface area contributed by atoms with Gasteiger partial charge in [0.15, 0.2) is 41.5 Å². The second-order valence-electron chi connectivity index (χ2n) is 14.0. The van der Waals surface area contributed by atoms with Crippen LogP contribution in [-0.2, 0) is 14.1 Å². The predicted molar refractivity (Wildman–Crippen MR) is 230 cm³/mol. The highest BCUT2D eigenvalue weighted by atomic mass is 28.3. The predicted octanol–water partition coefficient (Wildman–Crippen LogP) is 3.98. The van der Waals surface area contributed by atoms with Crippen LogP contribution < -0.4 is 41.3 Å². The van der Waals surface area contributed by atoms with E-state index in [1.807, 2.05) is 86.8 Å². The summed E-state index contributed by atoms with van der Waals surface area (Å²) in [4.78, 5) is 26.2. The first kappa shape index (κ1) is 37.3. The zero-order valence-electron chi connectivity index (χ0n) is 32.3. The normalized spacial score (nSPS) is 11.1. The van der Waals surface area contributed by atoms with Gasteiger partial charge in [0.1, 0.15) is 11.6 Å². The average Bonchev–Trinajstić information content (AvgIpc) is 3.28. The largest absolute Gasteiger partial charge is 0.524 e. The first-order chi connectivity index (χ1) is 28.3. The van der Waals surface area contributed by atoms with E-state index in [0.29, 0.717) is 22.3 Å². The van der Waals surface area contributed by atoms with Gasteiger partial charge < -0.3 is 0 Å². The van der Waals surface area contributed by atoms with Crippen molar-refractivity contribution in [2.45, 2.75) is 6.92 Å². The molecule has 58 heavy (non-hydrogen) atoms. The van der Waals surface area contributed by atoms with Crippen LogP contribution in [0.4, 0.5) is 0 Å². The summed E-state index contributed by atoms with van der Waals surface area (Å²) >= 11 is 0. The lowest BCUT2D eigenvalue weighted by Crippen LogP contribution is -2.76. The third-order valence-corrected chi connectivity index (χ3v) is 15.2. The SMILES string of the molecule is C[n+]1c(=O)n(-c2ccccc2)nc2cccc([Si](c3ccccc3)(c3ccccc3)c3ccccc3)c21.Cc1cc(C#N)c2c(c1)nn(-c1ccccc1)c(=O)[n+]2C. The number of nitriles is 1. The van der Waals surface area contributed by atoms with Crippen LogP contribution in [0.2, 0.25) is 0 Å². The first-order valence-electron chi connectivity index (χ1n) is 18.9. The van der Waals surface area contributed by atoms with Gasteiger partial charge in [0.05, 0.1) is 14.1 Å². The van der Waals surface area contributed by atoms with E-state index in [4.69, 9.17) is 5.10 Å². The monoisotopic (exact) mass is 773 g/mol. The van der Waals surface area contributed by atoms with Gasteiger partial charge in [0.25, 0.3) is 0 Å². The molecule has 0 atom stereocenters. The third kappa shape index (κ3) is 6.59. The van der Waals surface area contributed by atoms with Crippen molar-refractivity contribution in [3.63, 3.8) is 0 Å². The van der Waals surface area contributed by atoms with Crippen LogP contribution in [0.1, 0.15) is 11.1 Å². The Morgan fingerprint density at radius 1 is 0.517 bits per heavy atom. The standard InChI is InChI=1S/C32H26N3OSi.C16H13N4O/c1-34-31-29(33-35(32(34)36)25-15-6-2-7-16-25)23-14-24-30(31)37(26-17-8-3-9-18-26,27-19-10-4-11-20-27)28-21-12-5-13-22-28;1-11-8-12(10-17)15-14(9-11)18-20(16(21)19(15)2)13-6-4-3-5-7-13/h2-24H,1H3;3-9H,1-2H3/q2*+1. The number of para-hydroxylation sites is 3. The Hall–Kier alpha value is -7.61. The van der Waals surface area contributed by atoms with E-state index in [9.17, 15) is 14.9 Å². The number of rotatable bonds is 6. The Balaban J connectivity index is 0.000000189. The Labute approximate surface area is 336 Å². The molecule has 0 saturated carbocycles. The van der Waals surface area contributed by atoms with Crippen LogP contribution in [0.3, 0.4) is 0 Å². The molecular formula is C48H39N7O2Si+2. The number of benzene rings is 7. The molecule has 280 valence electrons. The molecule has 0 fully saturated rings. The maximum atomic E-state index is 13.8. The minimum atomic E-state index is -2.82. The van der Waals surface area contributed by atoms with Crippen LogP contribution >= 0.6 is 0 Å². The summed E-state index contributed by atoms with van der Waals surface area (Å²) in [6, 6.07) is 63.0. The van der Waals surface area contributed by atoms with Crippen molar-refractivity contribution in [1.82, 2.24) is 19.6 Å². The highest BCUT2D eigenvalue weighted by Crippen LogP contribution is 2.16. The fourth-order valence-electron chi connectivity index (χ4n) is 7.82. The van der Waals surface area contributed by atoms with Crippen LogP contribution in [-0.4, -0.2) is 27.6 Å². The van der Waals surface area contributed by atoms with E-state index in [1.165, 1.54) is 29.5 Å². The van der Waals surface area contributed by atoms with E-state index in [2.05, 4.69) is 114 Å². The van der Waals surface area contributed by atoms with Crippen molar-refractivity contribution in [3.8, 4) is 17.4 Å².